The lowest BCUT2D eigenvalue weighted by Crippen LogP contribution is -2.54. The number of allylic oxidation sites excluding steroid dienone is 6. The van der Waals surface area contributed by atoms with E-state index in [0.29, 0.717) is 95.5 Å². The van der Waals surface area contributed by atoms with Gasteiger partial charge in [0.05, 0.1) is 18.3 Å². The summed E-state index contributed by atoms with van der Waals surface area (Å²) in [6, 6.07) is -1.61. The SMILES string of the molecule is CO[C@H]1C[C@@H]2CCCC(O2)C(=O)C(=O)N2CCCC[C@H]2C(=O)OC([C@H](N)C[C@@H]2CC[C@@H](OC(N)=O)[C@H](OC)C2)CC[C@H](C)/C=C(\C)[C@@H](O)[C@@H](O)C(=O)[C@H](C)C[C@H](C)/C=C/C=C/C=C/1C. The molecule has 3 aliphatic heterocycles. The molecule has 14 atom stereocenters. The van der Waals surface area contributed by atoms with Crippen LogP contribution in [0.3, 0.4) is 0 Å². The Morgan fingerprint density at radius 3 is 2.28 bits per heavy atom. The molecule has 2 amide bonds. The molecule has 0 aromatic heterocycles. The van der Waals surface area contributed by atoms with Gasteiger partial charge < -0.3 is 50.3 Å². The molecule has 64 heavy (non-hydrogen) atoms. The van der Waals surface area contributed by atoms with Crippen molar-refractivity contribution in [3.63, 3.8) is 0 Å². The number of cyclic esters (lactones) is 1. The fraction of sp³-hybridized carbons (Fsp3) is 0.735. The Kier molecular flexibility index (Phi) is 21.3. The van der Waals surface area contributed by atoms with E-state index in [-0.39, 0.29) is 42.6 Å². The highest BCUT2D eigenvalue weighted by molar-refractivity contribution is 6.38. The van der Waals surface area contributed by atoms with Gasteiger partial charge >= 0.3 is 12.1 Å². The number of primary amides is 1. The van der Waals surface area contributed by atoms with Crippen LogP contribution < -0.4 is 11.5 Å². The molecule has 0 spiro atoms. The molecule has 2 bridgehead atoms. The molecule has 0 aromatic carbocycles. The minimum Gasteiger partial charge on any atom is -0.459 e. The van der Waals surface area contributed by atoms with E-state index < -0.39 is 78.1 Å². The summed E-state index contributed by atoms with van der Waals surface area (Å²) in [7, 11) is 3.18. The van der Waals surface area contributed by atoms with E-state index in [1.165, 1.54) is 4.90 Å². The number of hydrogen-bond acceptors (Lipinski definition) is 13. The van der Waals surface area contributed by atoms with Crippen molar-refractivity contribution in [1.82, 2.24) is 4.90 Å². The van der Waals surface area contributed by atoms with Crippen LogP contribution in [0.25, 0.3) is 0 Å². The van der Waals surface area contributed by atoms with Crippen molar-refractivity contribution in [1.29, 1.82) is 0 Å². The fourth-order valence-corrected chi connectivity index (χ4v) is 9.87. The second kappa shape index (κ2) is 25.8. The summed E-state index contributed by atoms with van der Waals surface area (Å²) in [5.74, 6) is -3.11. The zero-order chi connectivity index (χ0) is 47.1. The van der Waals surface area contributed by atoms with Gasteiger partial charge in [-0.2, -0.15) is 0 Å². The maximum absolute atomic E-state index is 14.3. The summed E-state index contributed by atoms with van der Waals surface area (Å²) in [4.78, 5) is 68.4. The number of carbonyl (C=O) groups excluding carboxylic acids is 5. The van der Waals surface area contributed by atoms with Gasteiger partial charge in [-0.1, -0.05) is 57.2 Å². The number of esters is 1. The Hall–Kier alpha value is -3.73. The molecule has 2 saturated heterocycles. The summed E-state index contributed by atoms with van der Waals surface area (Å²) in [5.41, 5.74) is 13.6. The number of fused-ring (bicyclic) bond motifs is 3. The molecule has 360 valence electrons. The zero-order valence-electron chi connectivity index (χ0n) is 39.2. The quantitative estimate of drug-likeness (QED) is 0.145. The van der Waals surface area contributed by atoms with Crippen LogP contribution in [0.4, 0.5) is 4.79 Å². The van der Waals surface area contributed by atoms with Crippen molar-refractivity contribution in [2.75, 3.05) is 20.8 Å². The standard InChI is InChI=1S/C49H77N3O12/c1-29-14-9-8-10-15-31(3)41(60-6)28-35-16-13-18-40(62-35)45(55)47(57)52-23-12-11-17-37(52)48(58)63-38(36(50)26-34-20-22-39(64-49(51)59)42(27-34)61-7)21-19-30(2)25-33(5)44(54)46(56)43(53)32(4)24-29/h8-10,14-15,25,29-30,32,34-42,44,46,54,56H,11-13,16-24,26-28,50H2,1-7H3,(H2,51,59)/b10-8+,14-9+,31-15+,33-25+/t29-,30+,32-,34+,35+,36-,37+,38?,39-,40?,41+,42-,44-,46+/m1/s1. The molecule has 1 aliphatic carbocycles. The molecular formula is C49H77N3O12. The van der Waals surface area contributed by atoms with Crippen LogP contribution in [-0.4, -0.2) is 126 Å². The lowest BCUT2D eigenvalue weighted by Gasteiger charge is -2.38. The Balaban J connectivity index is 1.61. The first-order valence-corrected chi connectivity index (χ1v) is 23.5. The van der Waals surface area contributed by atoms with E-state index in [0.717, 1.165) is 5.57 Å². The Morgan fingerprint density at radius 1 is 0.828 bits per heavy atom. The largest absolute Gasteiger partial charge is 0.459 e. The van der Waals surface area contributed by atoms with Crippen LogP contribution in [0.2, 0.25) is 0 Å². The van der Waals surface area contributed by atoms with Crippen molar-refractivity contribution in [3.8, 4) is 0 Å². The molecule has 15 heteroatoms. The number of methoxy groups -OCH3 is 2. The van der Waals surface area contributed by atoms with Gasteiger partial charge in [0.2, 0.25) is 5.78 Å². The molecule has 4 rings (SSSR count). The molecule has 4 aliphatic rings. The van der Waals surface area contributed by atoms with E-state index in [1.54, 1.807) is 28.1 Å². The van der Waals surface area contributed by atoms with Crippen LogP contribution in [-0.2, 0) is 42.9 Å². The van der Waals surface area contributed by atoms with Crippen molar-refractivity contribution < 1.29 is 57.9 Å². The van der Waals surface area contributed by atoms with Gasteiger partial charge in [0.25, 0.3) is 5.91 Å². The maximum Gasteiger partial charge on any atom is 0.404 e. The smallest absolute Gasteiger partial charge is 0.404 e. The molecule has 0 radical (unpaired) electrons. The van der Waals surface area contributed by atoms with Crippen LogP contribution in [0.5, 0.6) is 0 Å². The summed E-state index contributed by atoms with van der Waals surface area (Å²) in [6.07, 6.45) is 11.8. The summed E-state index contributed by atoms with van der Waals surface area (Å²) >= 11 is 0. The van der Waals surface area contributed by atoms with Crippen LogP contribution in [0, 0.1) is 23.7 Å². The minimum atomic E-state index is -1.60. The second-order valence-electron chi connectivity index (χ2n) is 18.9. The number of hydrogen-bond donors (Lipinski definition) is 4. The Bertz CT molecular complexity index is 1700. The van der Waals surface area contributed by atoms with Crippen molar-refractivity contribution in [2.45, 2.75) is 185 Å². The molecule has 6 N–H and O–H groups in total. The van der Waals surface area contributed by atoms with Crippen LogP contribution >= 0.6 is 0 Å². The normalized spacial score (nSPS) is 38.3. The van der Waals surface area contributed by atoms with Gasteiger partial charge in [-0.05, 0) is 126 Å². The number of ether oxygens (including phenoxy) is 5. The number of piperidine rings is 1. The molecule has 0 aromatic rings. The molecule has 3 heterocycles. The lowest BCUT2D eigenvalue weighted by atomic mass is 9.80. The van der Waals surface area contributed by atoms with Crippen LogP contribution in [0.1, 0.15) is 125 Å². The molecular weight excluding hydrogens is 823 g/mol. The number of Topliss-reactive ketones (excluding diaryl/α,β-unsaturated/α-hetero) is 2. The first-order chi connectivity index (χ1) is 30.4. The number of amides is 2. The molecule has 1 saturated carbocycles. The third kappa shape index (κ3) is 15.4. The number of ketones is 2. The molecule has 2 unspecified atom stereocenters. The van der Waals surface area contributed by atoms with Gasteiger partial charge in [0, 0.05) is 39.1 Å². The lowest BCUT2D eigenvalue weighted by molar-refractivity contribution is -0.167. The zero-order valence-corrected chi connectivity index (χ0v) is 39.2. The number of aliphatic hydroxyl groups is 2. The minimum absolute atomic E-state index is 0.0184. The van der Waals surface area contributed by atoms with Crippen molar-refractivity contribution in [3.05, 3.63) is 47.6 Å². The predicted molar refractivity (Wildman–Crippen MR) is 242 cm³/mol. The number of nitrogens with zero attached hydrogens (tertiary/aromatic N) is 1. The average molecular weight is 900 g/mol. The monoisotopic (exact) mass is 900 g/mol. The van der Waals surface area contributed by atoms with Crippen molar-refractivity contribution >= 4 is 29.5 Å². The van der Waals surface area contributed by atoms with E-state index in [4.69, 9.17) is 35.2 Å². The van der Waals surface area contributed by atoms with Crippen molar-refractivity contribution in [2.24, 2.45) is 35.1 Å². The number of rotatable bonds is 6. The van der Waals surface area contributed by atoms with E-state index >= 15 is 0 Å². The third-order valence-electron chi connectivity index (χ3n) is 13.7. The highest BCUT2D eigenvalue weighted by Gasteiger charge is 2.42. The van der Waals surface area contributed by atoms with Gasteiger partial charge in [-0.15, -0.1) is 0 Å². The highest BCUT2D eigenvalue weighted by atomic mass is 16.6. The number of carbonyl (C=O) groups is 5. The first kappa shape index (κ1) is 52.9. The highest BCUT2D eigenvalue weighted by Crippen LogP contribution is 2.34. The van der Waals surface area contributed by atoms with Gasteiger partial charge in [-0.3, -0.25) is 14.4 Å². The molecule has 15 nitrogen and oxygen atoms in total. The van der Waals surface area contributed by atoms with E-state index in [1.807, 2.05) is 57.2 Å². The Labute approximate surface area is 380 Å². The van der Waals surface area contributed by atoms with E-state index in [9.17, 15) is 34.2 Å². The van der Waals surface area contributed by atoms with Crippen LogP contribution in [0.15, 0.2) is 47.6 Å². The number of nitrogens with two attached hydrogens (primary N) is 2. The second-order valence-corrected chi connectivity index (χ2v) is 18.9. The first-order valence-electron chi connectivity index (χ1n) is 23.5. The summed E-state index contributed by atoms with van der Waals surface area (Å²) < 4.78 is 29.4. The van der Waals surface area contributed by atoms with E-state index in [2.05, 4.69) is 0 Å². The average Bonchev–Trinajstić information content (AvgIpc) is 3.27. The summed E-state index contributed by atoms with van der Waals surface area (Å²) in [6.45, 7) is 9.54. The van der Waals surface area contributed by atoms with Gasteiger partial charge in [-0.25, -0.2) is 9.59 Å². The Morgan fingerprint density at radius 2 is 1.58 bits per heavy atom. The summed E-state index contributed by atoms with van der Waals surface area (Å²) in [5, 5.41) is 22.1. The van der Waals surface area contributed by atoms with Gasteiger partial charge in [0.15, 0.2) is 5.78 Å². The number of aliphatic hydroxyl groups excluding tert-OH is 2. The predicted octanol–water partition coefficient (Wildman–Crippen LogP) is 5.58. The fourth-order valence-electron chi connectivity index (χ4n) is 9.87. The third-order valence-corrected chi connectivity index (χ3v) is 13.7. The topological polar surface area (TPSA) is 227 Å². The maximum atomic E-state index is 14.3. The molecule has 3 fully saturated rings. The van der Waals surface area contributed by atoms with Gasteiger partial charge in [0.1, 0.15) is 36.6 Å².